The van der Waals surface area contributed by atoms with Gasteiger partial charge in [-0.2, -0.15) is 10.4 Å². The number of hydrazone groups is 1. The van der Waals surface area contributed by atoms with Crippen LogP contribution in [-0.4, -0.2) is 17.4 Å². The molecule has 0 spiro atoms. The van der Waals surface area contributed by atoms with E-state index in [1.54, 1.807) is 42.2 Å². The highest BCUT2D eigenvalue weighted by Gasteiger charge is 2.12. The molecule has 0 bridgehead atoms. The molecule has 0 aliphatic carbocycles. The van der Waals surface area contributed by atoms with E-state index in [0.717, 1.165) is 11.3 Å². The average molecular weight is 323 g/mol. The van der Waals surface area contributed by atoms with Gasteiger partial charge in [-0.1, -0.05) is 42.5 Å². The van der Waals surface area contributed by atoms with Gasteiger partial charge in [0.05, 0.1) is 23.1 Å². The van der Waals surface area contributed by atoms with Crippen molar-refractivity contribution in [3.63, 3.8) is 0 Å². The van der Waals surface area contributed by atoms with Crippen LogP contribution in [0.15, 0.2) is 59.7 Å². The van der Waals surface area contributed by atoms with Crippen LogP contribution in [0.3, 0.4) is 0 Å². The Morgan fingerprint density at radius 2 is 1.96 bits per heavy atom. The predicted molar refractivity (Wildman–Crippen MR) is 94.1 cm³/mol. The number of hydrogen-bond donors (Lipinski definition) is 1. The maximum absolute atomic E-state index is 12.0. The molecule has 0 aliphatic rings. The van der Waals surface area contributed by atoms with Gasteiger partial charge in [-0.25, -0.2) is 5.43 Å². The van der Waals surface area contributed by atoms with Gasteiger partial charge in [0.15, 0.2) is 0 Å². The van der Waals surface area contributed by atoms with Crippen molar-refractivity contribution in [3.05, 3.63) is 71.3 Å². The van der Waals surface area contributed by atoms with Gasteiger partial charge < -0.3 is 0 Å². The normalized spacial score (nSPS) is 11.8. The number of amides is 1. The first-order valence-corrected chi connectivity index (χ1v) is 8.22. The maximum Gasteiger partial charge on any atom is 0.252 e. The van der Waals surface area contributed by atoms with Gasteiger partial charge in [0, 0.05) is 5.75 Å². The number of carbonyl (C=O) groups excluding carboxylic acids is 1. The van der Waals surface area contributed by atoms with Crippen LogP contribution in [-0.2, 0) is 10.5 Å². The number of carbonyl (C=O) groups is 1. The zero-order valence-corrected chi connectivity index (χ0v) is 13.6. The Balaban J connectivity index is 1.79. The molecule has 5 heteroatoms. The summed E-state index contributed by atoms with van der Waals surface area (Å²) in [4.78, 5) is 12.0. The Labute approximate surface area is 140 Å². The van der Waals surface area contributed by atoms with Crippen LogP contribution < -0.4 is 5.43 Å². The Kier molecular flexibility index (Phi) is 6.40. The van der Waals surface area contributed by atoms with Crippen molar-refractivity contribution in [2.45, 2.75) is 17.9 Å². The van der Waals surface area contributed by atoms with Crippen molar-refractivity contribution in [1.82, 2.24) is 5.43 Å². The van der Waals surface area contributed by atoms with Crippen LogP contribution in [0.5, 0.6) is 0 Å². The minimum absolute atomic E-state index is 0.129. The van der Waals surface area contributed by atoms with Crippen molar-refractivity contribution >= 4 is 23.9 Å². The van der Waals surface area contributed by atoms with Gasteiger partial charge in [0.2, 0.25) is 0 Å². The number of nitrogens with zero attached hydrogens (tertiary/aromatic N) is 2. The molecule has 4 nitrogen and oxygen atoms in total. The van der Waals surface area contributed by atoms with E-state index in [1.807, 2.05) is 37.3 Å². The van der Waals surface area contributed by atoms with Crippen molar-refractivity contribution in [1.29, 1.82) is 5.26 Å². The lowest BCUT2D eigenvalue weighted by Crippen LogP contribution is -2.26. The highest BCUT2D eigenvalue weighted by atomic mass is 32.2. The van der Waals surface area contributed by atoms with Gasteiger partial charge in [-0.3, -0.25) is 4.79 Å². The van der Waals surface area contributed by atoms with Crippen LogP contribution in [0.2, 0.25) is 0 Å². The number of benzene rings is 2. The van der Waals surface area contributed by atoms with E-state index >= 15 is 0 Å². The fourth-order valence-electron chi connectivity index (χ4n) is 1.78. The molecule has 1 amide bonds. The summed E-state index contributed by atoms with van der Waals surface area (Å²) in [5, 5.41) is 12.5. The summed E-state index contributed by atoms with van der Waals surface area (Å²) in [6.07, 6.45) is 1.56. The molecule has 0 saturated carbocycles. The molecule has 0 saturated heterocycles. The molecule has 0 radical (unpaired) electrons. The lowest BCUT2D eigenvalue weighted by atomic mass is 10.2. The molecule has 0 aliphatic heterocycles. The molecule has 0 fully saturated rings. The number of nitrogens with one attached hydrogen (secondary N) is 1. The second-order valence-electron chi connectivity index (χ2n) is 4.91. The lowest BCUT2D eigenvalue weighted by Gasteiger charge is -2.09. The third-order valence-corrected chi connectivity index (χ3v) is 4.35. The predicted octanol–water partition coefficient (Wildman–Crippen LogP) is 3.33. The van der Waals surface area contributed by atoms with Crippen molar-refractivity contribution in [2.75, 3.05) is 0 Å². The van der Waals surface area contributed by atoms with Gasteiger partial charge >= 0.3 is 0 Å². The zero-order valence-electron chi connectivity index (χ0n) is 12.8. The second-order valence-corrected chi connectivity index (χ2v) is 6.24. The van der Waals surface area contributed by atoms with E-state index in [9.17, 15) is 4.79 Å². The molecule has 2 aromatic rings. The zero-order chi connectivity index (χ0) is 16.5. The van der Waals surface area contributed by atoms with Crippen LogP contribution in [0, 0.1) is 11.3 Å². The van der Waals surface area contributed by atoms with Gasteiger partial charge in [-0.05, 0) is 30.2 Å². The summed E-state index contributed by atoms with van der Waals surface area (Å²) in [6.45, 7) is 1.86. The lowest BCUT2D eigenvalue weighted by molar-refractivity contribution is -0.120. The van der Waals surface area contributed by atoms with E-state index in [1.165, 1.54) is 5.56 Å². The van der Waals surface area contributed by atoms with Crippen LogP contribution in [0.1, 0.15) is 23.6 Å². The quantitative estimate of drug-likeness (QED) is 0.655. The third kappa shape index (κ3) is 5.61. The van der Waals surface area contributed by atoms with Crippen molar-refractivity contribution < 1.29 is 4.79 Å². The Morgan fingerprint density at radius 1 is 1.26 bits per heavy atom. The van der Waals surface area contributed by atoms with Crippen molar-refractivity contribution in [2.24, 2.45) is 5.10 Å². The molecule has 0 unspecified atom stereocenters. The Bertz CT molecular complexity index is 705. The summed E-state index contributed by atoms with van der Waals surface area (Å²) < 4.78 is 0. The van der Waals surface area contributed by atoms with Crippen LogP contribution in [0.25, 0.3) is 0 Å². The third-order valence-electron chi connectivity index (χ3n) is 3.14. The fourth-order valence-corrected chi connectivity index (χ4v) is 2.62. The molecule has 0 heterocycles. The minimum atomic E-state index is -0.187. The van der Waals surface area contributed by atoms with E-state index in [2.05, 4.69) is 16.6 Å². The van der Waals surface area contributed by atoms with E-state index in [-0.39, 0.29) is 11.2 Å². The largest absolute Gasteiger partial charge is 0.272 e. The molecular weight excluding hydrogens is 306 g/mol. The van der Waals surface area contributed by atoms with E-state index in [0.29, 0.717) is 5.56 Å². The fraction of sp³-hybridized carbons (Fsp3) is 0.167. The number of rotatable bonds is 6. The summed E-state index contributed by atoms with van der Waals surface area (Å²) >= 11 is 1.57. The Morgan fingerprint density at radius 3 is 2.61 bits per heavy atom. The SMILES string of the molecule is C[C@H](SCc1ccccc1)C(=O)N/N=C\c1ccc(C#N)cc1. The standard InChI is InChI=1S/C18H17N3OS/c1-14(23-13-17-5-3-2-4-6-17)18(22)21-20-12-16-9-7-15(11-19)8-10-16/h2-10,12,14H,13H2,1H3,(H,21,22)/b20-12-/t14-/m0/s1. The average Bonchev–Trinajstić information content (AvgIpc) is 2.61. The number of thioether (sulfide) groups is 1. The summed E-state index contributed by atoms with van der Waals surface area (Å²) in [6, 6.07) is 19.1. The molecular formula is C18H17N3OS. The smallest absolute Gasteiger partial charge is 0.252 e. The first-order chi connectivity index (χ1) is 11.2. The van der Waals surface area contributed by atoms with Gasteiger partial charge in [0.25, 0.3) is 5.91 Å². The first kappa shape index (κ1) is 16.8. The summed E-state index contributed by atoms with van der Waals surface area (Å²) in [5.41, 5.74) is 5.16. The highest BCUT2D eigenvalue weighted by molar-refractivity contribution is 7.99. The topological polar surface area (TPSA) is 65.2 Å². The molecule has 1 atom stereocenters. The molecule has 0 aromatic heterocycles. The monoisotopic (exact) mass is 323 g/mol. The molecule has 23 heavy (non-hydrogen) atoms. The molecule has 2 rings (SSSR count). The van der Waals surface area contributed by atoms with E-state index < -0.39 is 0 Å². The van der Waals surface area contributed by atoms with Gasteiger partial charge in [0.1, 0.15) is 0 Å². The minimum Gasteiger partial charge on any atom is -0.272 e. The summed E-state index contributed by atoms with van der Waals surface area (Å²) in [7, 11) is 0. The number of nitriles is 1. The maximum atomic E-state index is 12.0. The first-order valence-electron chi connectivity index (χ1n) is 7.17. The Hall–Kier alpha value is -2.58. The van der Waals surface area contributed by atoms with Gasteiger partial charge in [-0.15, -0.1) is 11.8 Å². The number of hydrogen-bond acceptors (Lipinski definition) is 4. The van der Waals surface area contributed by atoms with Crippen molar-refractivity contribution in [3.8, 4) is 6.07 Å². The van der Waals surface area contributed by atoms with Crippen LogP contribution in [0.4, 0.5) is 0 Å². The molecule has 116 valence electrons. The van der Waals surface area contributed by atoms with Crippen LogP contribution >= 0.6 is 11.8 Å². The summed E-state index contributed by atoms with van der Waals surface area (Å²) in [5.74, 6) is 0.658. The highest BCUT2D eigenvalue weighted by Crippen LogP contribution is 2.17. The van der Waals surface area contributed by atoms with E-state index in [4.69, 9.17) is 5.26 Å². The molecule has 2 aromatic carbocycles. The second kappa shape index (κ2) is 8.76. The molecule has 1 N–H and O–H groups in total.